The van der Waals surface area contributed by atoms with Crippen molar-refractivity contribution in [1.29, 1.82) is 0 Å². The first-order valence-electron chi connectivity index (χ1n) is 7.57. The Morgan fingerprint density at radius 2 is 1.75 bits per heavy atom. The fourth-order valence-corrected chi connectivity index (χ4v) is 4.42. The van der Waals surface area contributed by atoms with Gasteiger partial charge >= 0.3 is 0 Å². The minimum atomic E-state index is -1.30. The summed E-state index contributed by atoms with van der Waals surface area (Å²) in [5.41, 5.74) is 0. The van der Waals surface area contributed by atoms with E-state index in [2.05, 4.69) is 5.32 Å². The second-order valence-corrected chi connectivity index (χ2v) is 7.21. The highest BCUT2D eigenvalue weighted by Crippen LogP contribution is 2.36. The van der Waals surface area contributed by atoms with Gasteiger partial charge in [-0.05, 0) is 0 Å². The summed E-state index contributed by atoms with van der Waals surface area (Å²) in [5, 5.41) is 69.7. The molecule has 2 saturated heterocycles. The van der Waals surface area contributed by atoms with Crippen molar-refractivity contribution < 1.29 is 45.2 Å². The number of nitrogens with one attached hydrogen (secondary N) is 1. The third-order valence-electron chi connectivity index (χ3n) is 4.34. The molecule has 0 aliphatic carbocycles. The van der Waals surface area contributed by atoms with Crippen LogP contribution in [0.3, 0.4) is 0 Å². The smallest absolute Gasteiger partial charge is 0.185 e. The summed E-state index contributed by atoms with van der Waals surface area (Å²) < 4.78 is 10.2. The van der Waals surface area contributed by atoms with Crippen LogP contribution in [0.25, 0.3) is 0 Å². The molecule has 11 heteroatoms. The highest BCUT2D eigenvalue weighted by Gasteiger charge is 2.50. The maximum atomic E-state index is 10.2. The Morgan fingerprint density at radius 1 is 1.08 bits per heavy atom. The van der Waals surface area contributed by atoms with Crippen LogP contribution in [0.2, 0.25) is 0 Å². The van der Waals surface area contributed by atoms with Gasteiger partial charge in [0.1, 0.15) is 24.4 Å². The van der Waals surface area contributed by atoms with E-state index in [4.69, 9.17) is 14.6 Å². The van der Waals surface area contributed by atoms with Crippen LogP contribution in [0.5, 0.6) is 0 Å². The van der Waals surface area contributed by atoms with Crippen LogP contribution in [0.15, 0.2) is 0 Å². The molecule has 24 heavy (non-hydrogen) atoms. The molecule has 0 saturated carbocycles. The molecule has 0 spiro atoms. The van der Waals surface area contributed by atoms with Crippen LogP contribution in [0.4, 0.5) is 0 Å². The van der Waals surface area contributed by atoms with E-state index in [1.807, 2.05) is 0 Å². The lowest BCUT2D eigenvalue weighted by Gasteiger charge is -2.43. The Labute approximate surface area is 143 Å². The number of hydrogen-bond donors (Lipinski definition) is 8. The number of methoxy groups -OCH3 is 1. The lowest BCUT2D eigenvalue weighted by atomic mass is 9.95. The number of aliphatic hydroxyl groups excluding tert-OH is 7. The third kappa shape index (κ3) is 3.86. The molecule has 2 aliphatic heterocycles. The standard InChI is InChI=1S/C13H25NO9S/c1-22-13-8(19)6(7(18)5(3-16)23-13)14-12-10(21)9(20)11(24-12)4(17)2-15/h4-21H,2-3H2,1H3/t4?,5?,6?,7-,8?,9?,10?,11?,12?,13+/m1/s1. The topological polar surface area (TPSA) is 172 Å². The molecule has 8 unspecified atom stereocenters. The van der Waals surface area contributed by atoms with Crippen LogP contribution in [-0.4, -0.2) is 116 Å². The van der Waals surface area contributed by atoms with Crippen LogP contribution in [0, 0.1) is 0 Å². The summed E-state index contributed by atoms with van der Waals surface area (Å²) in [7, 11) is 1.30. The molecule has 0 aromatic carbocycles. The lowest BCUT2D eigenvalue weighted by molar-refractivity contribution is -0.272. The molecule has 0 bridgehead atoms. The van der Waals surface area contributed by atoms with Gasteiger partial charge in [0.05, 0.1) is 42.1 Å². The molecule has 142 valence electrons. The average Bonchev–Trinajstić information content (AvgIpc) is 2.86. The van der Waals surface area contributed by atoms with Crippen molar-refractivity contribution in [2.75, 3.05) is 20.3 Å². The van der Waals surface area contributed by atoms with E-state index in [1.165, 1.54) is 7.11 Å². The zero-order chi connectivity index (χ0) is 18.0. The first kappa shape index (κ1) is 20.3. The Kier molecular flexibility index (Phi) is 7.22. The molecule has 10 nitrogen and oxygen atoms in total. The van der Waals surface area contributed by atoms with Gasteiger partial charge in [-0.3, -0.25) is 5.32 Å². The minimum Gasteiger partial charge on any atom is -0.394 e. The molecule has 2 fully saturated rings. The van der Waals surface area contributed by atoms with Crippen LogP contribution >= 0.6 is 11.8 Å². The summed E-state index contributed by atoms with van der Waals surface area (Å²) in [6.07, 6.45) is -8.48. The number of thioether (sulfide) groups is 1. The Hall–Kier alpha value is -0.0500. The van der Waals surface area contributed by atoms with Gasteiger partial charge in [0.25, 0.3) is 0 Å². The van der Waals surface area contributed by atoms with Crippen LogP contribution in [-0.2, 0) is 9.47 Å². The SMILES string of the molecule is CO[C@H]1OC(CO)[C@@H](O)C(NC2SC(C(O)CO)C(O)C2O)C1O. The molecule has 0 aromatic rings. The summed E-state index contributed by atoms with van der Waals surface area (Å²) >= 11 is 0.987. The summed E-state index contributed by atoms with van der Waals surface area (Å²) in [6, 6.07) is -1.01. The maximum absolute atomic E-state index is 10.2. The average molecular weight is 371 g/mol. The Morgan fingerprint density at radius 3 is 2.29 bits per heavy atom. The van der Waals surface area contributed by atoms with Crippen molar-refractivity contribution in [3.63, 3.8) is 0 Å². The second-order valence-electron chi connectivity index (χ2n) is 5.89. The van der Waals surface area contributed by atoms with Gasteiger partial charge in [-0.1, -0.05) is 0 Å². The van der Waals surface area contributed by atoms with Gasteiger partial charge in [0.2, 0.25) is 0 Å². The van der Waals surface area contributed by atoms with Crippen molar-refractivity contribution in [1.82, 2.24) is 5.32 Å². The Balaban J connectivity index is 2.10. The van der Waals surface area contributed by atoms with E-state index < -0.39 is 72.8 Å². The summed E-state index contributed by atoms with van der Waals surface area (Å²) in [4.78, 5) is 0. The molecule has 2 aliphatic rings. The number of ether oxygens (including phenoxy) is 2. The van der Waals surface area contributed by atoms with Gasteiger partial charge in [0.15, 0.2) is 6.29 Å². The van der Waals surface area contributed by atoms with E-state index in [-0.39, 0.29) is 0 Å². The zero-order valence-corrected chi connectivity index (χ0v) is 13.9. The van der Waals surface area contributed by atoms with E-state index in [0.717, 1.165) is 11.8 Å². The monoisotopic (exact) mass is 371 g/mol. The highest BCUT2D eigenvalue weighted by molar-refractivity contribution is 8.00. The summed E-state index contributed by atoms with van der Waals surface area (Å²) in [5.74, 6) is 0. The fourth-order valence-electron chi connectivity index (χ4n) is 2.93. The third-order valence-corrected chi connectivity index (χ3v) is 5.96. The predicted molar refractivity (Wildman–Crippen MR) is 82.0 cm³/mol. The molecule has 2 rings (SSSR count). The number of rotatable bonds is 6. The van der Waals surface area contributed by atoms with Crippen molar-refractivity contribution in [3.05, 3.63) is 0 Å². The molecule has 2 heterocycles. The van der Waals surface area contributed by atoms with Crippen molar-refractivity contribution in [3.8, 4) is 0 Å². The summed E-state index contributed by atoms with van der Waals surface area (Å²) in [6.45, 7) is -1.07. The van der Waals surface area contributed by atoms with Gasteiger partial charge in [0, 0.05) is 7.11 Å². The lowest BCUT2D eigenvalue weighted by Crippen LogP contribution is -2.66. The van der Waals surface area contributed by atoms with E-state index in [9.17, 15) is 30.6 Å². The molecule has 8 N–H and O–H groups in total. The van der Waals surface area contributed by atoms with Gasteiger partial charge in [-0.15, -0.1) is 11.8 Å². The highest BCUT2D eigenvalue weighted by atomic mass is 32.2. The molecule has 0 amide bonds. The first-order chi connectivity index (χ1) is 11.3. The molecule has 0 radical (unpaired) electrons. The molecule has 10 atom stereocenters. The van der Waals surface area contributed by atoms with E-state index in [1.54, 1.807) is 0 Å². The van der Waals surface area contributed by atoms with Gasteiger partial charge in [-0.25, -0.2) is 0 Å². The number of hydrogen-bond acceptors (Lipinski definition) is 11. The molecular weight excluding hydrogens is 346 g/mol. The predicted octanol–water partition coefficient (Wildman–Crippen LogP) is -4.45. The fraction of sp³-hybridized carbons (Fsp3) is 1.00. The normalized spacial score (nSPS) is 47.8. The quantitative estimate of drug-likeness (QED) is 0.226. The second kappa shape index (κ2) is 8.56. The maximum Gasteiger partial charge on any atom is 0.185 e. The van der Waals surface area contributed by atoms with Crippen molar-refractivity contribution in [2.24, 2.45) is 0 Å². The largest absolute Gasteiger partial charge is 0.394 e. The van der Waals surface area contributed by atoms with Gasteiger partial charge in [-0.2, -0.15) is 0 Å². The zero-order valence-electron chi connectivity index (χ0n) is 13.0. The first-order valence-corrected chi connectivity index (χ1v) is 8.51. The van der Waals surface area contributed by atoms with E-state index in [0.29, 0.717) is 0 Å². The Bertz CT molecular complexity index is 390. The van der Waals surface area contributed by atoms with Crippen molar-refractivity contribution >= 4 is 11.8 Å². The molecule has 0 aromatic heterocycles. The van der Waals surface area contributed by atoms with Crippen LogP contribution < -0.4 is 5.32 Å². The number of aliphatic hydroxyl groups is 7. The van der Waals surface area contributed by atoms with E-state index >= 15 is 0 Å². The van der Waals surface area contributed by atoms with Crippen molar-refractivity contribution in [2.45, 2.75) is 59.6 Å². The van der Waals surface area contributed by atoms with Crippen LogP contribution in [0.1, 0.15) is 0 Å². The minimum absolute atomic E-state index is 0.499. The molecular formula is C13H25NO9S. The van der Waals surface area contributed by atoms with Gasteiger partial charge < -0.3 is 45.2 Å².